The molecule has 0 aromatic heterocycles. The maximum absolute atomic E-state index is 13.6. The molecule has 1 aliphatic heterocycles. The van der Waals surface area contributed by atoms with E-state index in [0.29, 0.717) is 10.6 Å². The van der Waals surface area contributed by atoms with Crippen LogP contribution in [-0.4, -0.2) is 25.9 Å². The van der Waals surface area contributed by atoms with Gasteiger partial charge >= 0.3 is 0 Å². The highest BCUT2D eigenvalue weighted by molar-refractivity contribution is 14.1. The Balaban J connectivity index is 2.07. The largest absolute Gasteiger partial charge is 0.497 e. The number of halogens is 1. The van der Waals surface area contributed by atoms with Crippen LogP contribution in [0.2, 0.25) is 0 Å². The quantitative estimate of drug-likeness (QED) is 0.478. The van der Waals surface area contributed by atoms with Gasteiger partial charge in [-0.25, -0.2) is 8.42 Å². The molecule has 0 spiro atoms. The molecule has 0 N–H and O–H groups in total. The van der Waals surface area contributed by atoms with E-state index >= 15 is 0 Å². The molecule has 3 rings (SSSR count). The fourth-order valence-corrected chi connectivity index (χ4v) is 6.38. The van der Waals surface area contributed by atoms with Crippen LogP contribution in [0.15, 0.2) is 63.1 Å². The topological polar surface area (TPSA) is 46.6 Å². The van der Waals surface area contributed by atoms with Crippen LogP contribution >= 0.6 is 22.6 Å². The number of rotatable bonds is 7. The molecule has 27 heavy (non-hydrogen) atoms. The highest BCUT2D eigenvalue weighted by atomic mass is 127. The lowest BCUT2D eigenvalue weighted by Crippen LogP contribution is -2.35. The van der Waals surface area contributed by atoms with Crippen LogP contribution in [0.3, 0.4) is 0 Å². The average Bonchev–Trinajstić information content (AvgIpc) is 3.04. The van der Waals surface area contributed by atoms with E-state index in [1.807, 2.05) is 30.3 Å². The Morgan fingerprint density at radius 1 is 1.11 bits per heavy atom. The highest BCUT2D eigenvalue weighted by Crippen LogP contribution is 2.44. The number of sulfonamides is 1. The lowest BCUT2D eigenvalue weighted by molar-refractivity contribution is 0.402. The van der Waals surface area contributed by atoms with Crippen LogP contribution in [0.1, 0.15) is 38.2 Å². The van der Waals surface area contributed by atoms with E-state index in [2.05, 4.69) is 29.5 Å². The Morgan fingerprint density at radius 3 is 2.37 bits per heavy atom. The van der Waals surface area contributed by atoms with Gasteiger partial charge in [-0.3, -0.25) is 4.31 Å². The number of unbranched alkanes of at least 4 members (excludes halogenated alkanes) is 1. The van der Waals surface area contributed by atoms with Gasteiger partial charge in [0.15, 0.2) is 0 Å². The Hall–Kier alpha value is -1.54. The summed E-state index contributed by atoms with van der Waals surface area (Å²) in [4.78, 5) is 0.296. The van der Waals surface area contributed by atoms with Crippen LogP contribution in [0.5, 0.6) is 5.75 Å². The first-order chi connectivity index (χ1) is 13.0. The third-order valence-electron chi connectivity index (χ3n) is 4.78. The first-order valence-electron chi connectivity index (χ1n) is 9.11. The summed E-state index contributed by atoms with van der Waals surface area (Å²) in [7, 11) is -2.09. The molecule has 0 saturated carbocycles. The van der Waals surface area contributed by atoms with Crippen LogP contribution in [-0.2, 0) is 10.0 Å². The van der Waals surface area contributed by atoms with Crippen molar-refractivity contribution in [3.05, 3.63) is 63.7 Å². The molecule has 0 bridgehead atoms. The molecule has 0 fully saturated rings. The Morgan fingerprint density at radius 2 is 1.78 bits per heavy atom. The van der Waals surface area contributed by atoms with Gasteiger partial charge in [0.1, 0.15) is 5.75 Å². The van der Waals surface area contributed by atoms with Crippen LogP contribution < -0.4 is 4.74 Å². The summed E-state index contributed by atoms with van der Waals surface area (Å²) in [5.74, 6) is 0.645. The first-order valence-corrected chi connectivity index (χ1v) is 11.6. The minimum atomic E-state index is -3.66. The molecular formula is C21H24INO3S. The van der Waals surface area contributed by atoms with Crippen molar-refractivity contribution in [3.8, 4) is 5.75 Å². The average molecular weight is 497 g/mol. The molecule has 2 aromatic rings. The Labute approximate surface area is 175 Å². The van der Waals surface area contributed by atoms with Crippen LogP contribution in [0.4, 0.5) is 0 Å². The number of benzene rings is 2. The summed E-state index contributed by atoms with van der Waals surface area (Å²) in [5, 5.41) is 0. The van der Waals surface area contributed by atoms with E-state index in [-0.39, 0.29) is 6.04 Å². The second-order valence-corrected chi connectivity index (χ2v) is 9.71. The van der Waals surface area contributed by atoms with Gasteiger partial charge in [-0.2, -0.15) is 0 Å². The van der Waals surface area contributed by atoms with Gasteiger partial charge in [0.2, 0.25) is 0 Å². The summed E-state index contributed by atoms with van der Waals surface area (Å²) in [6, 6.07) is 16.4. The van der Waals surface area contributed by atoms with Crippen molar-refractivity contribution < 1.29 is 13.2 Å². The van der Waals surface area contributed by atoms with Crippen molar-refractivity contribution in [2.24, 2.45) is 0 Å². The van der Waals surface area contributed by atoms with Crippen molar-refractivity contribution in [1.29, 1.82) is 0 Å². The standard InChI is InChI=1S/C21H24INO3S/c1-3-4-10-17-15-20(22)21(16-8-6-5-7-9-16)23(17)27(24,25)19-13-11-18(26-2)12-14-19/h5-9,11-14,17H,3-4,10,15H2,1-2H3/t17-/m1/s1. The summed E-state index contributed by atoms with van der Waals surface area (Å²) in [5.41, 5.74) is 1.76. The predicted molar refractivity (Wildman–Crippen MR) is 117 cm³/mol. The number of methoxy groups -OCH3 is 1. The Kier molecular flexibility index (Phi) is 6.47. The molecule has 0 aliphatic carbocycles. The minimum Gasteiger partial charge on any atom is -0.497 e. The van der Waals surface area contributed by atoms with E-state index < -0.39 is 10.0 Å². The van der Waals surface area contributed by atoms with E-state index in [0.717, 1.165) is 40.5 Å². The van der Waals surface area contributed by atoms with Gasteiger partial charge in [0, 0.05) is 10.0 Å². The van der Waals surface area contributed by atoms with E-state index in [4.69, 9.17) is 4.74 Å². The number of hydrogen-bond acceptors (Lipinski definition) is 3. The van der Waals surface area contributed by atoms with Gasteiger partial charge in [-0.15, -0.1) is 0 Å². The maximum atomic E-state index is 13.6. The van der Waals surface area contributed by atoms with Gasteiger partial charge < -0.3 is 4.74 Å². The molecule has 4 nitrogen and oxygen atoms in total. The SMILES string of the molecule is CCCC[C@@H]1CC(I)=C(c2ccccc2)N1S(=O)(=O)c1ccc(OC)cc1. The van der Waals surface area contributed by atoms with Crippen LogP contribution in [0, 0.1) is 0 Å². The summed E-state index contributed by atoms with van der Waals surface area (Å²) >= 11 is 2.30. The molecule has 0 radical (unpaired) electrons. The van der Waals surface area contributed by atoms with Gasteiger partial charge in [-0.05, 0) is 58.8 Å². The lowest BCUT2D eigenvalue weighted by atomic mass is 10.1. The fraction of sp³-hybridized carbons (Fsp3) is 0.333. The molecule has 6 heteroatoms. The van der Waals surface area contributed by atoms with Crippen LogP contribution in [0.25, 0.3) is 5.70 Å². The van der Waals surface area contributed by atoms with E-state index in [1.165, 1.54) is 0 Å². The molecule has 2 aromatic carbocycles. The molecule has 1 aliphatic rings. The van der Waals surface area contributed by atoms with Crippen molar-refractivity contribution in [2.75, 3.05) is 7.11 Å². The van der Waals surface area contributed by atoms with Crippen molar-refractivity contribution in [2.45, 2.75) is 43.5 Å². The van der Waals surface area contributed by atoms with E-state index in [9.17, 15) is 8.42 Å². The summed E-state index contributed by atoms with van der Waals surface area (Å²) in [6.45, 7) is 2.13. The Bertz CT molecular complexity index is 908. The molecular weight excluding hydrogens is 473 g/mol. The van der Waals surface area contributed by atoms with Crippen molar-refractivity contribution in [3.63, 3.8) is 0 Å². The second-order valence-electron chi connectivity index (χ2n) is 6.60. The van der Waals surface area contributed by atoms with Gasteiger partial charge in [0.25, 0.3) is 10.0 Å². The highest BCUT2D eigenvalue weighted by Gasteiger charge is 2.39. The van der Waals surface area contributed by atoms with Gasteiger partial charge in [0.05, 0.1) is 23.7 Å². The summed E-state index contributed by atoms with van der Waals surface area (Å²) in [6.07, 6.45) is 3.67. The molecule has 1 heterocycles. The fourth-order valence-electron chi connectivity index (χ4n) is 3.41. The molecule has 0 unspecified atom stereocenters. The first kappa shape index (κ1) is 20.2. The molecule has 0 saturated heterocycles. The zero-order valence-corrected chi connectivity index (χ0v) is 18.5. The molecule has 144 valence electrons. The number of nitrogens with zero attached hydrogens (tertiary/aromatic N) is 1. The normalized spacial score (nSPS) is 17.4. The van der Waals surface area contributed by atoms with Gasteiger partial charge in [-0.1, -0.05) is 50.1 Å². The summed E-state index contributed by atoms with van der Waals surface area (Å²) < 4.78 is 35.1. The second kappa shape index (κ2) is 8.65. The third-order valence-corrected chi connectivity index (χ3v) is 7.60. The zero-order chi connectivity index (χ0) is 19.4. The molecule has 1 atom stereocenters. The molecule has 0 amide bonds. The van der Waals surface area contributed by atoms with E-state index in [1.54, 1.807) is 35.7 Å². The zero-order valence-electron chi connectivity index (χ0n) is 15.6. The maximum Gasteiger partial charge on any atom is 0.264 e. The monoisotopic (exact) mass is 497 g/mol. The van der Waals surface area contributed by atoms with Crippen molar-refractivity contribution in [1.82, 2.24) is 4.31 Å². The van der Waals surface area contributed by atoms with Crippen molar-refractivity contribution >= 4 is 38.3 Å². The third kappa shape index (κ3) is 4.16. The number of hydrogen-bond donors (Lipinski definition) is 0. The number of ether oxygens (including phenoxy) is 1. The predicted octanol–water partition coefficient (Wildman–Crippen LogP) is 5.45. The smallest absolute Gasteiger partial charge is 0.264 e. The minimum absolute atomic E-state index is 0.0424. The lowest BCUT2D eigenvalue weighted by Gasteiger charge is -2.29.